The van der Waals surface area contributed by atoms with Gasteiger partial charge in [-0.05, 0) is 0 Å². The van der Waals surface area contributed by atoms with Crippen LogP contribution in [0.4, 0.5) is 0 Å². The van der Waals surface area contributed by atoms with Crippen molar-refractivity contribution in [1.29, 1.82) is 0 Å². The lowest BCUT2D eigenvalue weighted by atomic mass is 10.3. The third-order valence-electron chi connectivity index (χ3n) is 0.832. The number of oxazole rings is 1. The molecule has 0 aliphatic carbocycles. The highest BCUT2D eigenvalue weighted by Crippen LogP contribution is 1.94. The summed E-state index contributed by atoms with van der Waals surface area (Å²) in [5.74, 6) is 0.243. The molecule has 3 nitrogen and oxygen atoms in total. The highest BCUT2D eigenvalue weighted by molar-refractivity contribution is 5.83. The maximum Gasteiger partial charge on any atom is 0.201 e. The van der Waals surface area contributed by atoms with Crippen molar-refractivity contribution in [2.45, 2.75) is 6.42 Å². The number of aromatic nitrogens is 1. The van der Waals surface area contributed by atoms with Crippen LogP contribution in [0.3, 0.4) is 0 Å². The largest absolute Gasteiger partial charge is 0.449 e. The van der Waals surface area contributed by atoms with Gasteiger partial charge in [0.05, 0.1) is 12.6 Å². The summed E-state index contributed by atoms with van der Waals surface area (Å²) in [5.41, 5.74) is 0. The molecule has 0 N–H and O–H groups in total. The van der Waals surface area contributed by atoms with Gasteiger partial charge in [-0.3, -0.25) is 4.79 Å². The second-order valence-electron chi connectivity index (χ2n) is 1.64. The van der Waals surface area contributed by atoms with Crippen molar-refractivity contribution < 1.29 is 9.21 Å². The van der Waals surface area contributed by atoms with Gasteiger partial charge in [0.1, 0.15) is 12.0 Å². The minimum atomic E-state index is -0.183. The first-order valence-corrected chi connectivity index (χ1v) is 2.52. The second kappa shape index (κ2) is 2.44. The Morgan fingerprint density at radius 3 is 3.11 bits per heavy atom. The number of hydrogen-bond acceptors (Lipinski definition) is 3. The molecule has 0 bridgehead atoms. The Labute approximate surface area is 52.7 Å². The zero-order valence-corrected chi connectivity index (χ0v) is 4.83. The van der Waals surface area contributed by atoms with Gasteiger partial charge in [0.15, 0.2) is 0 Å². The van der Waals surface area contributed by atoms with Crippen molar-refractivity contribution in [2.24, 2.45) is 0 Å². The van der Waals surface area contributed by atoms with Crippen molar-refractivity contribution in [3.63, 3.8) is 0 Å². The molecule has 0 fully saturated rings. The Hall–Kier alpha value is -1.12. The molecule has 0 saturated carbocycles. The Morgan fingerprint density at radius 1 is 1.89 bits per heavy atom. The van der Waals surface area contributed by atoms with E-state index < -0.39 is 0 Å². The SMILES string of the molecule is [CH2]C(=O)Cc1ncco1. The van der Waals surface area contributed by atoms with E-state index in [4.69, 9.17) is 4.42 Å². The molecule has 1 aromatic rings. The zero-order chi connectivity index (χ0) is 6.69. The lowest BCUT2D eigenvalue weighted by molar-refractivity contribution is -0.114. The quantitative estimate of drug-likeness (QED) is 0.580. The van der Waals surface area contributed by atoms with E-state index in [1.807, 2.05) is 0 Å². The Bertz CT molecular complexity index is 191. The fraction of sp³-hybridized carbons (Fsp3) is 0.167. The minimum Gasteiger partial charge on any atom is -0.449 e. The third kappa shape index (κ3) is 1.68. The molecule has 0 aliphatic heterocycles. The van der Waals surface area contributed by atoms with Crippen molar-refractivity contribution in [1.82, 2.24) is 4.98 Å². The van der Waals surface area contributed by atoms with Crippen molar-refractivity contribution in [2.75, 3.05) is 0 Å². The Morgan fingerprint density at radius 2 is 2.67 bits per heavy atom. The molecule has 9 heavy (non-hydrogen) atoms. The summed E-state index contributed by atoms with van der Waals surface area (Å²) >= 11 is 0. The highest BCUT2D eigenvalue weighted by atomic mass is 16.3. The molecule has 0 aliphatic rings. The van der Waals surface area contributed by atoms with Crippen LogP contribution in [-0.2, 0) is 11.2 Å². The van der Waals surface area contributed by atoms with Gasteiger partial charge < -0.3 is 4.42 Å². The van der Waals surface area contributed by atoms with Crippen LogP contribution in [0, 0.1) is 6.92 Å². The van der Waals surface area contributed by atoms with E-state index in [0.29, 0.717) is 5.89 Å². The van der Waals surface area contributed by atoms with Gasteiger partial charge in [-0.25, -0.2) is 4.98 Å². The molecule has 1 rings (SSSR count). The number of rotatable bonds is 2. The highest BCUT2D eigenvalue weighted by Gasteiger charge is 1.99. The first-order chi connectivity index (χ1) is 4.29. The van der Waals surface area contributed by atoms with Gasteiger partial charge in [0.2, 0.25) is 5.89 Å². The maximum atomic E-state index is 10.3. The number of carbonyl (C=O) groups is 1. The van der Waals surface area contributed by atoms with Crippen LogP contribution in [-0.4, -0.2) is 10.8 Å². The van der Waals surface area contributed by atoms with Crippen LogP contribution in [0.15, 0.2) is 16.9 Å². The van der Waals surface area contributed by atoms with E-state index in [1.54, 1.807) is 0 Å². The van der Waals surface area contributed by atoms with E-state index in [-0.39, 0.29) is 12.2 Å². The van der Waals surface area contributed by atoms with Crippen LogP contribution in [0.2, 0.25) is 0 Å². The molecule has 0 atom stereocenters. The van der Waals surface area contributed by atoms with Crippen molar-refractivity contribution in [3.05, 3.63) is 25.3 Å². The average molecular weight is 124 g/mol. The molecule has 0 aromatic carbocycles. The Balaban J connectivity index is 2.58. The second-order valence-corrected chi connectivity index (χ2v) is 1.64. The molecular formula is C6H6NO2. The van der Waals surface area contributed by atoms with Gasteiger partial charge in [0, 0.05) is 6.92 Å². The fourth-order valence-electron chi connectivity index (χ4n) is 0.509. The van der Waals surface area contributed by atoms with Crippen LogP contribution in [0.5, 0.6) is 0 Å². The smallest absolute Gasteiger partial charge is 0.201 e. The fourth-order valence-corrected chi connectivity index (χ4v) is 0.509. The molecule has 1 heterocycles. The first-order valence-electron chi connectivity index (χ1n) is 2.52. The van der Waals surface area contributed by atoms with Gasteiger partial charge >= 0.3 is 0 Å². The number of carbonyl (C=O) groups excluding carboxylic acids is 1. The zero-order valence-electron chi connectivity index (χ0n) is 4.83. The van der Waals surface area contributed by atoms with E-state index in [9.17, 15) is 4.79 Å². The summed E-state index contributed by atoms with van der Waals surface area (Å²) in [6.45, 7) is 3.17. The lowest BCUT2D eigenvalue weighted by Gasteiger charge is -1.84. The predicted octanol–water partition coefficient (Wildman–Crippen LogP) is 0.620. The Kier molecular flexibility index (Phi) is 1.63. The summed E-state index contributed by atoms with van der Waals surface area (Å²) < 4.78 is 4.77. The molecule has 0 amide bonds. The van der Waals surface area contributed by atoms with Gasteiger partial charge in [-0.2, -0.15) is 0 Å². The van der Waals surface area contributed by atoms with Crippen LogP contribution in [0.1, 0.15) is 5.89 Å². The van der Waals surface area contributed by atoms with Gasteiger partial charge in [0.25, 0.3) is 0 Å². The number of ketones is 1. The maximum absolute atomic E-state index is 10.3. The predicted molar refractivity (Wildman–Crippen MR) is 30.6 cm³/mol. The molecule has 1 radical (unpaired) electrons. The summed E-state index contributed by atoms with van der Waals surface area (Å²) in [4.78, 5) is 14.0. The van der Waals surface area contributed by atoms with E-state index in [2.05, 4.69) is 11.9 Å². The summed E-state index contributed by atoms with van der Waals surface area (Å²) in [5, 5.41) is 0. The van der Waals surface area contributed by atoms with E-state index in [1.165, 1.54) is 12.5 Å². The monoisotopic (exact) mass is 124 g/mol. The lowest BCUT2D eigenvalue weighted by Crippen LogP contribution is -1.95. The van der Waals surface area contributed by atoms with Crippen LogP contribution >= 0.6 is 0 Å². The van der Waals surface area contributed by atoms with Crippen LogP contribution in [0.25, 0.3) is 0 Å². The van der Waals surface area contributed by atoms with Gasteiger partial charge in [-0.15, -0.1) is 0 Å². The third-order valence-corrected chi connectivity index (χ3v) is 0.832. The molecule has 0 spiro atoms. The van der Waals surface area contributed by atoms with E-state index in [0.717, 1.165) is 0 Å². The molecular weight excluding hydrogens is 118 g/mol. The average Bonchev–Trinajstić information content (AvgIpc) is 2.15. The standard InChI is InChI=1S/C6H6NO2/c1-5(8)4-6-7-2-3-9-6/h2-3H,1,4H2. The molecule has 1 aromatic heterocycles. The number of Topliss-reactive ketones (excluding diaryl/α,β-unsaturated/α-hetero) is 1. The van der Waals surface area contributed by atoms with Crippen LogP contribution < -0.4 is 0 Å². The molecule has 0 unspecified atom stereocenters. The summed E-state index contributed by atoms with van der Waals surface area (Å²) in [6.07, 6.45) is 3.11. The topological polar surface area (TPSA) is 43.1 Å². The summed E-state index contributed by atoms with van der Waals surface area (Å²) in [7, 11) is 0. The van der Waals surface area contributed by atoms with Crippen molar-refractivity contribution in [3.8, 4) is 0 Å². The summed E-state index contributed by atoms with van der Waals surface area (Å²) in [6, 6.07) is 0. The number of nitrogens with zero attached hydrogens (tertiary/aromatic N) is 1. The van der Waals surface area contributed by atoms with Gasteiger partial charge in [-0.1, -0.05) is 0 Å². The van der Waals surface area contributed by atoms with E-state index >= 15 is 0 Å². The molecule has 47 valence electrons. The normalized spacial score (nSPS) is 9.44. The molecule has 3 heteroatoms. The van der Waals surface area contributed by atoms with Crippen molar-refractivity contribution >= 4 is 5.78 Å². The minimum absolute atomic E-state index is 0.183. The number of hydrogen-bond donors (Lipinski definition) is 0. The first kappa shape index (κ1) is 6.01. The molecule has 0 saturated heterocycles.